The molecule has 0 aliphatic carbocycles. The fraction of sp³-hybridized carbons (Fsp3) is 1.00. The molecular weight excluding hydrogens is 281 g/mol. The summed E-state index contributed by atoms with van der Waals surface area (Å²) in [7, 11) is 0. The molecule has 38 valence electrons. The molecule has 0 aromatic heterocycles. The van der Waals surface area contributed by atoms with Crippen LogP contribution in [0.25, 0.3) is 0 Å². The molecule has 1 saturated heterocycles. The van der Waals surface area contributed by atoms with Crippen molar-refractivity contribution in [2.24, 2.45) is 0 Å². The molecule has 0 amide bonds. The van der Waals surface area contributed by atoms with E-state index in [0.717, 1.165) is 0 Å². The van der Waals surface area contributed by atoms with E-state index in [9.17, 15) is 0 Å². The molecule has 1 aliphatic heterocycles. The average molecular weight is 288 g/mol. The SMILES string of the molecule is CC1(O)OO1.[BiH3]. The number of hydrogen-bond acceptors (Lipinski definition) is 3. The van der Waals surface area contributed by atoms with Gasteiger partial charge in [0.2, 0.25) is 0 Å². The second kappa shape index (κ2) is 1.70. The molecule has 0 saturated carbocycles. The Morgan fingerprint density at radius 1 is 1.50 bits per heavy atom. The summed E-state index contributed by atoms with van der Waals surface area (Å²) in [5.74, 6) is -1.25. The maximum absolute atomic E-state index is 8.19. The molecular formula is C2H7BiO3. The first-order chi connectivity index (χ1) is 2.21. The van der Waals surface area contributed by atoms with Gasteiger partial charge in [0.05, 0.1) is 0 Å². The first-order valence-corrected chi connectivity index (χ1v) is 1.30. The van der Waals surface area contributed by atoms with Gasteiger partial charge < -0.3 is 5.11 Å². The minimum atomic E-state index is -1.25. The zero-order valence-corrected chi connectivity index (χ0v) is 8.97. The van der Waals surface area contributed by atoms with Crippen LogP contribution < -0.4 is 0 Å². The van der Waals surface area contributed by atoms with E-state index in [-0.39, 0.29) is 26.2 Å². The van der Waals surface area contributed by atoms with Crippen LogP contribution in [-0.4, -0.2) is 37.3 Å². The van der Waals surface area contributed by atoms with Crippen LogP contribution in [0.4, 0.5) is 0 Å². The van der Waals surface area contributed by atoms with Gasteiger partial charge >= 0.3 is 32.2 Å². The van der Waals surface area contributed by atoms with E-state index in [1.807, 2.05) is 0 Å². The zero-order valence-electron chi connectivity index (χ0n) is 3.47. The fourth-order valence-corrected chi connectivity index (χ4v) is 0.0603. The van der Waals surface area contributed by atoms with Gasteiger partial charge in [-0.3, -0.25) is 0 Å². The minimum absolute atomic E-state index is 0. The van der Waals surface area contributed by atoms with E-state index in [0.29, 0.717) is 0 Å². The Labute approximate surface area is 54.3 Å². The van der Waals surface area contributed by atoms with E-state index in [1.165, 1.54) is 6.92 Å². The van der Waals surface area contributed by atoms with Crippen LogP contribution in [0, 0.1) is 0 Å². The number of hydrogen-bond donors (Lipinski definition) is 1. The van der Waals surface area contributed by atoms with Crippen LogP contribution in [0.2, 0.25) is 0 Å². The first-order valence-electron chi connectivity index (χ1n) is 1.30. The van der Waals surface area contributed by atoms with E-state index in [4.69, 9.17) is 5.11 Å². The van der Waals surface area contributed by atoms with Crippen LogP contribution >= 0.6 is 0 Å². The Morgan fingerprint density at radius 3 is 1.67 bits per heavy atom. The summed E-state index contributed by atoms with van der Waals surface area (Å²) in [6, 6.07) is 0. The Hall–Kier alpha value is 0.763. The standard InChI is InChI=1S/C2H4O3.Bi.3H/c1-2(3)4-5-2;;;;/h3H,1H3;;;;. The molecule has 4 heteroatoms. The van der Waals surface area contributed by atoms with Crippen molar-refractivity contribution in [2.75, 3.05) is 0 Å². The summed E-state index contributed by atoms with van der Waals surface area (Å²) >= 11 is 0. The molecule has 0 aromatic rings. The molecule has 6 heavy (non-hydrogen) atoms. The van der Waals surface area contributed by atoms with Crippen molar-refractivity contribution in [3.05, 3.63) is 0 Å². The molecule has 0 aromatic carbocycles. The van der Waals surface area contributed by atoms with E-state index < -0.39 is 5.97 Å². The zero-order chi connectivity index (χ0) is 3.91. The molecule has 0 radical (unpaired) electrons. The van der Waals surface area contributed by atoms with Crippen LogP contribution in [-0.2, 0) is 9.78 Å². The van der Waals surface area contributed by atoms with Crippen molar-refractivity contribution in [1.29, 1.82) is 0 Å². The molecule has 1 rings (SSSR count). The van der Waals surface area contributed by atoms with Gasteiger partial charge in [0.15, 0.2) is 0 Å². The van der Waals surface area contributed by atoms with Crippen LogP contribution in [0.15, 0.2) is 0 Å². The molecule has 3 nitrogen and oxygen atoms in total. The van der Waals surface area contributed by atoms with Crippen molar-refractivity contribution in [1.82, 2.24) is 0 Å². The second-order valence-corrected chi connectivity index (χ2v) is 1.06. The number of rotatable bonds is 0. The van der Waals surface area contributed by atoms with E-state index in [2.05, 4.69) is 9.78 Å². The molecule has 0 spiro atoms. The van der Waals surface area contributed by atoms with E-state index in [1.54, 1.807) is 0 Å². The predicted octanol–water partition coefficient (Wildman–Crippen LogP) is -1.57. The average Bonchev–Trinajstić information content (AvgIpc) is 1.76. The molecule has 0 unspecified atom stereocenters. The third kappa shape index (κ3) is 2.03. The molecule has 1 N–H and O–H groups in total. The van der Waals surface area contributed by atoms with Crippen molar-refractivity contribution in [3.63, 3.8) is 0 Å². The van der Waals surface area contributed by atoms with Gasteiger partial charge in [-0.25, -0.2) is 0 Å². The van der Waals surface area contributed by atoms with Gasteiger partial charge in [0.25, 0.3) is 0 Å². The summed E-state index contributed by atoms with van der Waals surface area (Å²) in [5.41, 5.74) is 0. The fourth-order valence-electron chi connectivity index (χ4n) is 0.0603. The van der Waals surface area contributed by atoms with Crippen LogP contribution in [0.5, 0.6) is 0 Å². The molecule has 1 heterocycles. The topological polar surface area (TPSA) is 45.3 Å². The summed E-state index contributed by atoms with van der Waals surface area (Å²) in [6.45, 7) is 1.41. The monoisotopic (exact) mass is 288 g/mol. The summed E-state index contributed by atoms with van der Waals surface area (Å²) < 4.78 is 0. The maximum atomic E-state index is 8.19. The third-order valence-electron chi connectivity index (χ3n) is 0.325. The summed E-state index contributed by atoms with van der Waals surface area (Å²) in [4.78, 5) is 7.90. The van der Waals surface area contributed by atoms with Crippen LogP contribution in [0.3, 0.4) is 0 Å². The van der Waals surface area contributed by atoms with Crippen molar-refractivity contribution in [3.8, 4) is 0 Å². The van der Waals surface area contributed by atoms with Crippen molar-refractivity contribution < 1.29 is 14.9 Å². The van der Waals surface area contributed by atoms with Crippen molar-refractivity contribution >= 4 is 26.2 Å². The van der Waals surface area contributed by atoms with Crippen LogP contribution in [0.1, 0.15) is 6.92 Å². The van der Waals surface area contributed by atoms with Crippen molar-refractivity contribution in [2.45, 2.75) is 12.9 Å². The normalized spacial score (nSPS) is 25.0. The van der Waals surface area contributed by atoms with Gasteiger partial charge in [0.1, 0.15) is 0 Å². The van der Waals surface area contributed by atoms with Gasteiger partial charge in [0, 0.05) is 6.92 Å². The summed E-state index contributed by atoms with van der Waals surface area (Å²) in [5, 5.41) is 8.19. The molecule has 1 aliphatic rings. The Kier molecular flexibility index (Phi) is 1.92. The van der Waals surface area contributed by atoms with E-state index >= 15 is 0 Å². The second-order valence-electron chi connectivity index (χ2n) is 1.06. The molecule has 0 bridgehead atoms. The van der Waals surface area contributed by atoms with Gasteiger partial charge in [-0.15, -0.1) is 0 Å². The first kappa shape index (κ1) is 6.76. The quantitative estimate of drug-likeness (QED) is 0.333. The third-order valence-corrected chi connectivity index (χ3v) is 0.325. The Balaban J connectivity index is 0.000000250. The molecule has 0 atom stereocenters. The molecule has 1 fully saturated rings. The Morgan fingerprint density at radius 2 is 1.67 bits per heavy atom. The Bertz CT molecular complexity index is 46.8. The summed E-state index contributed by atoms with van der Waals surface area (Å²) in [6.07, 6.45) is 0. The van der Waals surface area contributed by atoms with Gasteiger partial charge in [-0.2, -0.15) is 9.78 Å². The van der Waals surface area contributed by atoms with Gasteiger partial charge in [-0.1, -0.05) is 0 Å². The van der Waals surface area contributed by atoms with Gasteiger partial charge in [-0.05, 0) is 0 Å². The predicted molar refractivity (Wildman–Crippen MR) is 22.7 cm³/mol. The number of aliphatic hydroxyl groups is 1.